The zero-order chi connectivity index (χ0) is 16.3. The normalized spacial score (nSPS) is 11.8. The molecule has 3 rings (SSSR count). The second kappa shape index (κ2) is 6.58. The van der Waals surface area contributed by atoms with E-state index in [9.17, 15) is 13.2 Å². The van der Waals surface area contributed by atoms with E-state index in [0.29, 0.717) is 17.7 Å². The Morgan fingerprint density at radius 1 is 0.826 bits per heavy atom. The molecule has 0 saturated heterocycles. The van der Waals surface area contributed by atoms with Gasteiger partial charge in [0, 0.05) is 5.75 Å². The Kier molecular flexibility index (Phi) is 4.52. The lowest BCUT2D eigenvalue weighted by atomic mass is 10.2. The topological polar surface area (TPSA) is 25.8 Å². The second-order valence-electron chi connectivity index (χ2n) is 4.95. The minimum absolute atomic E-state index is 0.0628. The average Bonchev–Trinajstić information content (AvgIpc) is 2.54. The maximum atomic E-state index is 13.2. The van der Waals surface area contributed by atoms with Gasteiger partial charge in [0.15, 0.2) is 5.69 Å². The van der Waals surface area contributed by atoms with E-state index in [2.05, 4.69) is 9.97 Å². The van der Waals surface area contributed by atoms with E-state index < -0.39 is 11.9 Å². The van der Waals surface area contributed by atoms with Crippen LogP contribution in [0.5, 0.6) is 0 Å². The van der Waals surface area contributed by atoms with Crippen LogP contribution < -0.4 is 0 Å². The van der Waals surface area contributed by atoms with Gasteiger partial charge in [0.2, 0.25) is 0 Å². The van der Waals surface area contributed by atoms with Gasteiger partial charge in [-0.3, -0.25) is 0 Å². The monoisotopic (exact) mass is 334 g/mol. The number of aromatic nitrogens is 2. The van der Waals surface area contributed by atoms with Gasteiger partial charge in [-0.1, -0.05) is 42.5 Å². The Hall–Kier alpha value is -2.08. The zero-order valence-electron chi connectivity index (χ0n) is 12.0. The van der Waals surface area contributed by atoms with Crippen molar-refractivity contribution in [2.45, 2.75) is 17.6 Å². The molecular formula is C17H13F3N2S. The van der Waals surface area contributed by atoms with Crippen LogP contribution in [0.3, 0.4) is 0 Å². The number of aryl methyl sites for hydroxylation is 1. The third-order valence-electron chi connectivity index (χ3n) is 3.28. The van der Waals surface area contributed by atoms with Crippen molar-refractivity contribution in [2.24, 2.45) is 0 Å². The fourth-order valence-electron chi connectivity index (χ4n) is 2.18. The summed E-state index contributed by atoms with van der Waals surface area (Å²) in [5, 5.41) is -0.0628. The van der Waals surface area contributed by atoms with Crippen molar-refractivity contribution in [3.63, 3.8) is 0 Å². The number of rotatable bonds is 4. The standard InChI is InChI=1S/C17H13F3N2S/c18-17(19,20)15-16(22-14-9-5-4-8-13(14)21-15)23-11-10-12-6-2-1-3-7-12/h1-9H,10-11H2. The van der Waals surface area contributed by atoms with Gasteiger partial charge in [-0.2, -0.15) is 13.2 Å². The van der Waals surface area contributed by atoms with Crippen LogP contribution in [-0.4, -0.2) is 15.7 Å². The van der Waals surface area contributed by atoms with Crippen LogP contribution in [0.15, 0.2) is 59.6 Å². The lowest BCUT2D eigenvalue weighted by Crippen LogP contribution is -2.12. The number of thioether (sulfide) groups is 1. The summed E-state index contributed by atoms with van der Waals surface area (Å²) in [4.78, 5) is 7.92. The maximum absolute atomic E-state index is 13.2. The molecule has 3 aromatic rings. The summed E-state index contributed by atoms with van der Waals surface area (Å²) in [5.41, 5.74) is 0.909. The van der Waals surface area contributed by atoms with Gasteiger partial charge < -0.3 is 0 Å². The number of hydrogen-bond donors (Lipinski definition) is 0. The smallest absolute Gasteiger partial charge is 0.239 e. The van der Waals surface area contributed by atoms with Crippen molar-refractivity contribution >= 4 is 22.8 Å². The van der Waals surface area contributed by atoms with Crippen LogP contribution in [0.4, 0.5) is 13.2 Å². The van der Waals surface area contributed by atoms with E-state index in [1.165, 1.54) is 6.07 Å². The minimum atomic E-state index is -4.51. The molecule has 0 unspecified atom stereocenters. The van der Waals surface area contributed by atoms with Crippen LogP contribution in [0, 0.1) is 0 Å². The highest BCUT2D eigenvalue weighted by atomic mass is 32.2. The molecule has 118 valence electrons. The van der Waals surface area contributed by atoms with Crippen molar-refractivity contribution in [1.82, 2.24) is 9.97 Å². The van der Waals surface area contributed by atoms with Crippen molar-refractivity contribution < 1.29 is 13.2 Å². The van der Waals surface area contributed by atoms with Crippen LogP contribution in [0.25, 0.3) is 11.0 Å². The first kappa shape index (κ1) is 15.8. The molecule has 0 aliphatic heterocycles. The third-order valence-corrected chi connectivity index (χ3v) is 4.25. The number of alkyl halides is 3. The maximum Gasteiger partial charge on any atom is 0.436 e. The Morgan fingerprint density at radius 3 is 2.09 bits per heavy atom. The summed E-state index contributed by atoms with van der Waals surface area (Å²) in [6.45, 7) is 0. The Morgan fingerprint density at radius 2 is 1.43 bits per heavy atom. The van der Waals surface area contributed by atoms with Gasteiger partial charge in [-0.15, -0.1) is 11.8 Å². The third kappa shape index (κ3) is 3.82. The van der Waals surface area contributed by atoms with Gasteiger partial charge >= 0.3 is 6.18 Å². The average molecular weight is 334 g/mol. The van der Waals surface area contributed by atoms with Crippen LogP contribution in [0.2, 0.25) is 0 Å². The molecule has 2 nitrogen and oxygen atoms in total. The van der Waals surface area contributed by atoms with Crippen molar-refractivity contribution in [1.29, 1.82) is 0 Å². The van der Waals surface area contributed by atoms with Gasteiger partial charge in [0.25, 0.3) is 0 Å². The molecule has 0 bridgehead atoms. The fourth-order valence-corrected chi connectivity index (χ4v) is 3.17. The summed E-state index contributed by atoms with van der Waals surface area (Å²) in [7, 11) is 0. The fraction of sp³-hybridized carbons (Fsp3) is 0.176. The molecule has 0 spiro atoms. The largest absolute Gasteiger partial charge is 0.436 e. The lowest BCUT2D eigenvalue weighted by Gasteiger charge is -2.12. The second-order valence-corrected chi connectivity index (χ2v) is 6.03. The van der Waals surface area contributed by atoms with E-state index in [1.54, 1.807) is 18.2 Å². The number of para-hydroxylation sites is 2. The molecule has 23 heavy (non-hydrogen) atoms. The molecule has 0 radical (unpaired) electrons. The molecule has 1 heterocycles. The van der Waals surface area contributed by atoms with E-state index in [1.807, 2.05) is 30.3 Å². The van der Waals surface area contributed by atoms with E-state index in [0.717, 1.165) is 17.3 Å². The summed E-state index contributed by atoms with van der Waals surface area (Å²) in [6, 6.07) is 16.2. The molecule has 0 saturated carbocycles. The van der Waals surface area contributed by atoms with Crippen LogP contribution >= 0.6 is 11.8 Å². The number of benzene rings is 2. The summed E-state index contributed by atoms with van der Waals surface area (Å²) in [5.74, 6) is 0.514. The summed E-state index contributed by atoms with van der Waals surface area (Å²) < 4.78 is 39.6. The Bertz CT molecular complexity index is 804. The molecular weight excluding hydrogens is 321 g/mol. The van der Waals surface area contributed by atoms with Crippen molar-refractivity contribution in [3.05, 3.63) is 65.9 Å². The molecule has 1 aromatic heterocycles. The van der Waals surface area contributed by atoms with Gasteiger partial charge in [-0.05, 0) is 24.1 Å². The SMILES string of the molecule is FC(F)(F)c1nc2ccccc2nc1SCCc1ccccc1. The van der Waals surface area contributed by atoms with Crippen molar-refractivity contribution in [3.8, 4) is 0 Å². The number of nitrogens with zero attached hydrogens (tertiary/aromatic N) is 2. The minimum Gasteiger partial charge on any atom is -0.239 e. The first-order valence-corrected chi connectivity index (χ1v) is 8.03. The molecule has 0 fully saturated rings. The Balaban J connectivity index is 1.86. The number of fused-ring (bicyclic) bond motifs is 1. The van der Waals surface area contributed by atoms with Gasteiger partial charge in [0.1, 0.15) is 5.03 Å². The molecule has 0 aliphatic rings. The number of hydrogen-bond acceptors (Lipinski definition) is 3. The molecule has 6 heteroatoms. The lowest BCUT2D eigenvalue weighted by molar-refractivity contribution is -0.143. The highest BCUT2D eigenvalue weighted by Gasteiger charge is 2.36. The summed E-state index contributed by atoms with van der Waals surface area (Å²) >= 11 is 1.09. The number of halogens is 3. The first-order chi connectivity index (χ1) is 11.0. The predicted octanol–water partition coefficient (Wildman–Crippen LogP) is 4.98. The molecule has 0 N–H and O–H groups in total. The van der Waals surface area contributed by atoms with Crippen LogP contribution in [-0.2, 0) is 12.6 Å². The zero-order valence-corrected chi connectivity index (χ0v) is 12.9. The summed E-state index contributed by atoms with van der Waals surface area (Å²) in [6.07, 6.45) is -3.83. The quantitative estimate of drug-likeness (QED) is 0.629. The van der Waals surface area contributed by atoms with Gasteiger partial charge in [-0.25, -0.2) is 9.97 Å². The highest BCUT2D eigenvalue weighted by molar-refractivity contribution is 7.99. The highest BCUT2D eigenvalue weighted by Crippen LogP contribution is 2.35. The van der Waals surface area contributed by atoms with E-state index >= 15 is 0 Å². The Labute approximate surface area is 135 Å². The predicted molar refractivity (Wildman–Crippen MR) is 85.4 cm³/mol. The van der Waals surface area contributed by atoms with E-state index in [4.69, 9.17) is 0 Å². The molecule has 0 amide bonds. The first-order valence-electron chi connectivity index (χ1n) is 7.05. The van der Waals surface area contributed by atoms with Gasteiger partial charge in [0.05, 0.1) is 11.0 Å². The van der Waals surface area contributed by atoms with Crippen LogP contribution in [0.1, 0.15) is 11.3 Å². The molecule has 2 aromatic carbocycles. The molecule has 0 aliphatic carbocycles. The van der Waals surface area contributed by atoms with Crippen molar-refractivity contribution in [2.75, 3.05) is 5.75 Å². The van der Waals surface area contributed by atoms with E-state index in [-0.39, 0.29) is 10.5 Å². The molecule has 0 atom stereocenters.